The maximum Gasteiger partial charge on any atom is 0.161 e. The molecule has 2 heterocycles. The van der Waals surface area contributed by atoms with Crippen LogP contribution >= 0.6 is 0 Å². The Hall–Kier alpha value is -1.26. The highest BCUT2D eigenvalue weighted by Crippen LogP contribution is 2.33. The molecule has 1 saturated heterocycles. The Morgan fingerprint density at radius 2 is 2.11 bits per heavy atom. The maximum absolute atomic E-state index is 6.28. The van der Waals surface area contributed by atoms with Gasteiger partial charge in [0.25, 0.3) is 0 Å². The van der Waals surface area contributed by atoms with Crippen molar-refractivity contribution in [1.29, 1.82) is 0 Å². The fourth-order valence-corrected chi connectivity index (χ4v) is 2.70. The van der Waals surface area contributed by atoms with Gasteiger partial charge in [0, 0.05) is 6.04 Å². The lowest BCUT2D eigenvalue weighted by atomic mass is 9.94. The molecule has 0 aromatic heterocycles. The zero-order valence-electron chi connectivity index (χ0n) is 10.5. The molecule has 2 aliphatic rings. The molecule has 0 saturated carbocycles. The second-order valence-corrected chi connectivity index (χ2v) is 5.10. The van der Waals surface area contributed by atoms with Gasteiger partial charge in [0.2, 0.25) is 0 Å². The van der Waals surface area contributed by atoms with E-state index in [1.807, 2.05) is 12.1 Å². The summed E-state index contributed by atoms with van der Waals surface area (Å²) in [6, 6.07) is 6.14. The summed E-state index contributed by atoms with van der Waals surface area (Å²) in [5.41, 5.74) is 7.43. The Morgan fingerprint density at radius 3 is 2.89 bits per heavy atom. The molecule has 1 fully saturated rings. The van der Waals surface area contributed by atoms with Crippen molar-refractivity contribution in [3.05, 3.63) is 23.8 Å². The third kappa shape index (κ3) is 2.44. The molecule has 4 nitrogen and oxygen atoms in total. The maximum atomic E-state index is 6.28. The molecule has 4 heteroatoms. The minimum Gasteiger partial charge on any atom is -0.486 e. The Bertz CT molecular complexity index is 416. The summed E-state index contributed by atoms with van der Waals surface area (Å²) >= 11 is 0. The molecule has 2 atom stereocenters. The molecule has 1 aromatic carbocycles. The van der Waals surface area contributed by atoms with Gasteiger partial charge < -0.3 is 20.5 Å². The van der Waals surface area contributed by atoms with Crippen LogP contribution in [-0.2, 0) is 0 Å². The number of nitrogens with one attached hydrogen (secondary N) is 1. The van der Waals surface area contributed by atoms with Crippen LogP contribution in [0.4, 0.5) is 0 Å². The third-order valence-corrected chi connectivity index (χ3v) is 3.74. The van der Waals surface area contributed by atoms with Crippen LogP contribution in [0, 0.1) is 5.92 Å². The smallest absolute Gasteiger partial charge is 0.161 e. The quantitative estimate of drug-likeness (QED) is 0.850. The van der Waals surface area contributed by atoms with E-state index in [2.05, 4.69) is 11.4 Å². The van der Waals surface area contributed by atoms with E-state index in [-0.39, 0.29) is 6.04 Å². The molecular weight excluding hydrogens is 228 g/mol. The topological polar surface area (TPSA) is 56.5 Å². The van der Waals surface area contributed by atoms with Crippen LogP contribution < -0.4 is 20.5 Å². The Kier molecular flexibility index (Phi) is 3.39. The van der Waals surface area contributed by atoms with E-state index < -0.39 is 0 Å². The lowest BCUT2D eigenvalue weighted by Gasteiger charge is -2.21. The number of benzene rings is 1. The average Bonchev–Trinajstić information content (AvgIpc) is 2.91. The third-order valence-electron chi connectivity index (χ3n) is 3.74. The summed E-state index contributed by atoms with van der Waals surface area (Å²) in [6.45, 7) is 3.47. The first-order valence-corrected chi connectivity index (χ1v) is 6.69. The van der Waals surface area contributed by atoms with Crippen molar-refractivity contribution < 1.29 is 9.47 Å². The minimum absolute atomic E-state index is 0.0886. The van der Waals surface area contributed by atoms with Crippen molar-refractivity contribution in [2.75, 3.05) is 26.3 Å². The van der Waals surface area contributed by atoms with E-state index in [0.717, 1.165) is 36.6 Å². The first-order chi connectivity index (χ1) is 8.83. The highest BCUT2D eigenvalue weighted by atomic mass is 16.6. The van der Waals surface area contributed by atoms with Gasteiger partial charge in [0.1, 0.15) is 13.2 Å². The SMILES string of the molecule is NC(CC1CCNC1)c1ccc2c(c1)OCCO2. The van der Waals surface area contributed by atoms with Gasteiger partial charge in [-0.2, -0.15) is 0 Å². The van der Waals surface area contributed by atoms with Gasteiger partial charge in [0.05, 0.1) is 0 Å². The number of nitrogens with two attached hydrogens (primary N) is 1. The highest BCUT2D eigenvalue weighted by Gasteiger charge is 2.20. The van der Waals surface area contributed by atoms with Crippen molar-refractivity contribution in [3.63, 3.8) is 0 Å². The van der Waals surface area contributed by atoms with Gasteiger partial charge in [-0.25, -0.2) is 0 Å². The van der Waals surface area contributed by atoms with E-state index in [4.69, 9.17) is 15.2 Å². The van der Waals surface area contributed by atoms with Crippen LogP contribution in [0.15, 0.2) is 18.2 Å². The standard InChI is InChI=1S/C14H20N2O2/c15-12(7-10-3-4-16-9-10)11-1-2-13-14(8-11)18-6-5-17-13/h1-2,8,10,12,16H,3-7,9,15H2. The molecule has 3 N–H and O–H groups in total. The number of rotatable bonds is 3. The van der Waals surface area contributed by atoms with E-state index in [1.54, 1.807) is 0 Å². The van der Waals surface area contributed by atoms with Gasteiger partial charge in [0.15, 0.2) is 11.5 Å². The zero-order chi connectivity index (χ0) is 12.4. The lowest BCUT2D eigenvalue weighted by molar-refractivity contribution is 0.171. The number of ether oxygens (including phenoxy) is 2. The summed E-state index contributed by atoms with van der Waals surface area (Å²) in [4.78, 5) is 0. The molecule has 0 bridgehead atoms. The number of fused-ring (bicyclic) bond motifs is 1. The van der Waals surface area contributed by atoms with Crippen LogP contribution in [0.5, 0.6) is 11.5 Å². The van der Waals surface area contributed by atoms with Crippen LogP contribution in [0.2, 0.25) is 0 Å². The average molecular weight is 248 g/mol. The largest absolute Gasteiger partial charge is 0.486 e. The lowest BCUT2D eigenvalue weighted by Crippen LogP contribution is -2.19. The summed E-state index contributed by atoms with van der Waals surface area (Å²) in [5.74, 6) is 2.37. The first kappa shape index (κ1) is 11.8. The molecule has 0 spiro atoms. The van der Waals surface area contributed by atoms with Crippen molar-refractivity contribution in [2.45, 2.75) is 18.9 Å². The normalized spacial score (nSPS) is 23.9. The fraction of sp³-hybridized carbons (Fsp3) is 0.571. The van der Waals surface area contributed by atoms with E-state index in [9.17, 15) is 0 Å². The van der Waals surface area contributed by atoms with E-state index >= 15 is 0 Å². The van der Waals surface area contributed by atoms with Crippen LogP contribution in [-0.4, -0.2) is 26.3 Å². The predicted molar refractivity (Wildman–Crippen MR) is 70.0 cm³/mol. The second kappa shape index (κ2) is 5.16. The molecule has 98 valence electrons. The molecule has 0 aliphatic carbocycles. The Labute approximate surface area is 107 Å². The highest BCUT2D eigenvalue weighted by molar-refractivity contribution is 5.44. The van der Waals surface area contributed by atoms with Crippen molar-refractivity contribution in [2.24, 2.45) is 11.7 Å². The molecule has 2 aliphatic heterocycles. The monoisotopic (exact) mass is 248 g/mol. The summed E-state index contributed by atoms with van der Waals surface area (Å²) in [6.07, 6.45) is 2.27. The minimum atomic E-state index is 0.0886. The summed E-state index contributed by atoms with van der Waals surface area (Å²) in [5, 5.41) is 3.38. The van der Waals surface area contributed by atoms with E-state index in [0.29, 0.717) is 19.1 Å². The van der Waals surface area contributed by atoms with Gasteiger partial charge in [-0.1, -0.05) is 6.07 Å². The van der Waals surface area contributed by atoms with E-state index in [1.165, 1.54) is 6.42 Å². The number of hydrogen-bond donors (Lipinski definition) is 2. The second-order valence-electron chi connectivity index (χ2n) is 5.10. The van der Waals surface area contributed by atoms with Gasteiger partial charge in [-0.05, 0) is 49.5 Å². The van der Waals surface area contributed by atoms with Gasteiger partial charge in [-0.3, -0.25) is 0 Å². The van der Waals surface area contributed by atoms with Crippen LogP contribution in [0.3, 0.4) is 0 Å². The number of hydrogen-bond acceptors (Lipinski definition) is 4. The molecule has 2 unspecified atom stereocenters. The molecule has 3 rings (SSSR count). The van der Waals surface area contributed by atoms with Crippen molar-refractivity contribution >= 4 is 0 Å². The molecule has 1 aromatic rings. The predicted octanol–water partition coefficient (Wildman–Crippen LogP) is 1.46. The van der Waals surface area contributed by atoms with Crippen LogP contribution in [0.25, 0.3) is 0 Å². The van der Waals surface area contributed by atoms with Crippen molar-refractivity contribution in [3.8, 4) is 11.5 Å². The van der Waals surface area contributed by atoms with Gasteiger partial charge >= 0.3 is 0 Å². The summed E-state index contributed by atoms with van der Waals surface area (Å²) < 4.78 is 11.1. The van der Waals surface area contributed by atoms with Crippen LogP contribution in [0.1, 0.15) is 24.4 Å². The molecule has 18 heavy (non-hydrogen) atoms. The Morgan fingerprint density at radius 1 is 1.28 bits per heavy atom. The fourth-order valence-electron chi connectivity index (χ4n) is 2.70. The molecular formula is C14H20N2O2. The molecule has 0 radical (unpaired) electrons. The molecule has 0 amide bonds. The zero-order valence-corrected chi connectivity index (χ0v) is 10.5. The van der Waals surface area contributed by atoms with Gasteiger partial charge in [-0.15, -0.1) is 0 Å². The first-order valence-electron chi connectivity index (χ1n) is 6.69. The summed E-state index contributed by atoms with van der Waals surface area (Å²) in [7, 11) is 0. The Balaban J connectivity index is 1.70. The van der Waals surface area contributed by atoms with Crippen molar-refractivity contribution in [1.82, 2.24) is 5.32 Å².